The quantitative estimate of drug-likeness (QED) is 0.576. The van der Waals surface area contributed by atoms with Gasteiger partial charge in [0.15, 0.2) is 0 Å². The van der Waals surface area contributed by atoms with Crippen molar-refractivity contribution in [1.82, 2.24) is 5.32 Å². The van der Waals surface area contributed by atoms with E-state index in [1.54, 1.807) is 17.8 Å². The van der Waals surface area contributed by atoms with Crippen LogP contribution in [0.4, 0.5) is 11.4 Å². The normalized spacial score (nSPS) is 11.8. The van der Waals surface area contributed by atoms with Gasteiger partial charge in [0.1, 0.15) is 6.04 Å². The second kappa shape index (κ2) is 11.6. The zero-order valence-electron chi connectivity index (χ0n) is 18.6. The summed E-state index contributed by atoms with van der Waals surface area (Å²) in [6, 6.07) is 15.0. The van der Waals surface area contributed by atoms with E-state index in [2.05, 4.69) is 36.3 Å². The Morgan fingerprint density at radius 2 is 1.80 bits per heavy atom. The fraction of sp³-hybridized carbons (Fsp3) is 0.417. The molecule has 2 rings (SSSR count). The molecule has 0 saturated heterocycles. The van der Waals surface area contributed by atoms with Crippen LogP contribution in [-0.2, 0) is 4.79 Å². The smallest absolute Gasteiger partial charge is 0.251 e. The number of amides is 2. The predicted octanol–water partition coefficient (Wildman–Crippen LogP) is 4.72. The molecule has 0 aliphatic carbocycles. The van der Waals surface area contributed by atoms with E-state index in [4.69, 9.17) is 0 Å². The van der Waals surface area contributed by atoms with Gasteiger partial charge in [0, 0.05) is 29.5 Å². The van der Waals surface area contributed by atoms with Crippen molar-refractivity contribution in [3.63, 3.8) is 0 Å². The number of thioether (sulfide) groups is 1. The highest BCUT2D eigenvalue weighted by atomic mass is 32.2. The zero-order chi connectivity index (χ0) is 22.1. The first-order valence-corrected chi connectivity index (χ1v) is 11.8. The number of nitrogens with one attached hydrogen (secondary N) is 2. The second-order valence-electron chi connectivity index (χ2n) is 7.59. The highest BCUT2D eigenvalue weighted by Gasteiger charge is 2.21. The molecule has 2 aromatic carbocycles. The van der Waals surface area contributed by atoms with Gasteiger partial charge in [-0.15, -0.1) is 0 Å². The number of hydrogen-bond acceptors (Lipinski definition) is 4. The Morgan fingerprint density at radius 1 is 1.10 bits per heavy atom. The lowest BCUT2D eigenvalue weighted by Gasteiger charge is -2.27. The third-order valence-electron chi connectivity index (χ3n) is 4.94. The molecule has 2 N–H and O–H groups in total. The van der Waals surface area contributed by atoms with Gasteiger partial charge >= 0.3 is 0 Å². The number of carbonyl (C=O) groups excluding carboxylic acids is 2. The lowest BCUT2D eigenvalue weighted by molar-refractivity contribution is -0.118. The molecule has 0 radical (unpaired) electrons. The standard InChI is InChI=1S/C24H33N3O2S/c1-6-27(17(2)3)21-12-10-20(11-13-21)25-24(29)22(14-15-30-5)26-23(28)19-9-7-8-18(4)16-19/h7-13,16-17,22H,6,14-15H2,1-5H3,(H,25,29)(H,26,28). The molecule has 0 bridgehead atoms. The Morgan fingerprint density at radius 3 is 2.37 bits per heavy atom. The average molecular weight is 428 g/mol. The predicted molar refractivity (Wildman–Crippen MR) is 129 cm³/mol. The van der Waals surface area contributed by atoms with Crippen molar-refractivity contribution in [2.24, 2.45) is 0 Å². The van der Waals surface area contributed by atoms with E-state index in [0.717, 1.165) is 29.2 Å². The molecule has 0 aliphatic rings. The summed E-state index contributed by atoms with van der Waals surface area (Å²) in [7, 11) is 0. The molecule has 162 valence electrons. The molecule has 2 amide bonds. The van der Waals surface area contributed by atoms with Crippen LogP contribution < -0.4 is 15.5 Å². The largest absolute Gasteiger partial charge is 0.369 e. The second-order valence-corrected chi connectivity index (χ2v) is 8.58. The van der Waals surface area contributed by atoms with E-state index in [1.807, 2.05) is 55.6 Å². The summed E-state index contributed by atoms with van der Waals surface area (Å²) in [6.07, 6.45) is 2.56. The van der Waals surface area contributed by atoms with Gasteiger partial charge in [0.25, 0.3) is 5.91 Å². The van der Waals surface area contributed by atoms with E-state index < -0.39 is 6.04 Å². The molecular weight excluding hydrogens is 394 g/mol. The summed E-state index contributed by atoms with van der Waals surface area (Å²) in [5, 5.41) is 5.85. The van der Waals surface area contributed by atoms with Gasteiger partial charge in [-0.2, -0.15) is 11.8 Å². The fourth-order valence-corrected chi connectivity index (χ4v) is 3.82. The Bertz CT molecular complexity index is 837. The molecule has 30 heavy (non-hydrogen) atoms. The molecule has 2 aromatic rings. The van der Waals surface area contributed by atoms with Gasteiger partial charge in [-0.1, -0.05) is 17.7 Å². The van der Waals surface area contributed by atoms with Gasteiger partial charge in [-0.3, -0.25) is 9.59 Å². The van der Waals surface area contributed by atoms with Crippen LogP contribution in [-0.4, -0.2) is 42.5 Å². The first-order chi connectivity index (χ1) is 14.3. The van der Waals surface area contributed by atoms with Crippen LogP contribution >= 0.6 is 11.8 Å². The van der Waals surface area contributed by atoms with Crippen LogP contribution in [0.25, 0.3) is 0 Å². The molecule has 1 atom stereocenters. The summed E-state index contributed by atoms with van der Waals surface area (Å²) in [5.41, 5.74) is 3.42. The van der Waals surface area contributed by atoms with Crippen molar-refractivity contribution in [2.45, 2.75) is 46.2 Å². The topological polar surface area (TPSA) is 61.4 Å². The maximum absolute atomic E-state index is 12.9. The Balaban J connectivity index is 2.08. The fourth-order valence-electron chi connectivity index (χ4n) is 3.34. The third-order valence-corrected chi connectivity index (χ3v) is 5.59. The van der Waals surface area contributed by atoms with E-state index in [0.29, 0.717) is 18.0 Å². The lowest BCUT2D eigenvalue weighted by Crippen LogP contribution is -2.44. The molecule has 5 nitrogen and oxygen atoms in total. The van der Waals surface area contributed by atoms with Gasteiger partial charge in [-0.25, -0.2) is 0 Å². The minimum atomic E-state index is -0.590. The van der Waals surface area contributed by atoms with Crippen molar-refractivity contribution in [3.8, 4) is 0 Å². The summed E-state index contributed by atoms with van der Waals surface area (Å²) in [4.78, 5) is 27.8. The maximum Gasteiger partial charge on any atom is 0.251 e. The van der Waals surface area contributed by atoms with Crippen LogP contribution in [0.2, 0.25) is 0 Å². The number of nitrogens with zero attached hydrogens (tertiary/aromatic N) is 1. The molecule has 0 aliphatic heterocycles. The van der Waals surface area contributed by atoms with E-state index >= 15 is 0 Å². The number of aryl methyl sites for hydroxylation is 1. The highest BCUT2D eigenvalue weighted by Crippen LogP contribution is 2.20. The number of benzene rings is 2. The number of anilines is 2. The van der Waals surface area contributed by atoms with Crippen molar-refractivity contribution in [3.05, 3.63) is 59.7 Å². The Kier molecular flexibility index (Phi) is 9.24. The summed E-state index contributed by atoms with van der Waals surface area (Å²) in [5.74, 6) is 0.352. The zero-order valence-corrected chi connectivity index (χ0v) is 19.4. The molecular formula is C24H33N3O2S. The lowest BCUT2D eigenvalue weighted by atomic mass is 10.1. The number of rotatable bonds is 10. The molecule has 1 unspecified atom stereocenters. The molecule has 6 heteroatoms. The highest BCUT2D eigenvalue weighted by molar-refractivity contribution is 7.98. The van der Waals surface area contributed by atoms with E-state index in [1.165, 1.54) is 0 Å². The van der Waals surface area contributed by atoms with Crippen LogP contribution in [0.15, 0.2) is 48.5 Å². The van der Waals surface area contributed by atoms with Crippen molar-refractivity contribution >= 4 is 35.0 Å². The van der Waals surface area contributed by atoms with Gasteiger partial charge in [-0.05, 0) is 82.5 Å². The SMILES string of the molecule is CCN(c1ccc(NC(=O)C(CCSC)NC(=O)c2cccc(C)c2)cc1)C(C)C. The van der Waals surface area contributed by atoms with Crippen LogP contribution in [0.5, 0.6) is 0 Å². The summed E-state index contributed by atoms with van der Waals surface area (Å²) < 4.78 is 0. The minimum absolute atomic E-state index is 0.200. The summed E-state index contributed by atoms with van der Waals surface area (Å²) >= 11 is 1.65. The third kappa shape index (κ3) is 6.80. The first kappa shape index (κ1) is 23.8. The van der Waals surface area contributed by atoms with Crippen LogP contribution in [0.3, 0.4) is 0 Å². The van der Waals surface area contributed by atoms with Crippen LogP contribution in [0.1, 0.15) is 43.1 Å². The molecule has 0 heterocycles. The monoisotopic (exact) mass is 427 g/mol. The van der Waals surface area contributed by atoms with E-state index in [9.17, 15) is 9.59 Å². The van der Waals surface area contributed by atoms with Crippen molar-refractivity contribution < 1.29 is 9.59 Å². The molecule has 0 aromatic heterocycles. The van der Waals surface area contributed by atoms with Crippen molar-refractivity contribution in [1.29, 1.82) is 0 Å². The Hall–Kier alpha value is -2.47. The molecule has 0 fully saturated rings. The molecule has 0 saturated carbocycles. The van der Waals surface area contributed by atoms with Gasteiger partial charge in [0.2, 0.25) is 5.91 Å². The first-order valence-electron chi connectivity index (χ1n) is 10.4. The summed E-state index contributed by atoms with van der Waals surface area (Å²) in [6.45, 7) is 9.31. The van der Waals surface area contributed by atoms with Crippen LogP contribution in [0, 0.1) is 6.92 Å². The number of hydrogen-bond donors (Lipinski definition) is 2. The number of carbonyl (C=O) groups is 2. The minimum Gasteiger partial charge on any atom is -0.369 e. The maximum atomic E-state index is 12.9. The average Bonchev–Trinajstić information content (AvgIpc) is 2.72. The Labute approximate surface area is 184 Å². The van der Waals surface area contributed by atoms with Gasteiger partial charge < -0.3 is 15.5 Å². The molecule has 0 spiro atoms. The van der Waals surface area contributed by atoms with E-state index in [-0.39, 0.29) is 11.8 Å². The van der Waals surface area contributed by atoms with Gasteiger partial charge in [0.05, 0.1) is 0 Å². The van der Waals surface area contributed by atoms with Crippen molar-refractivity contribution in [2.75, 3.05) is 28.8 Å².